The van der Waals surface area contributed by atoms with Crippen molar-refractivity contribution < 1.29 is 22.9 Å². The Kier molecular flexibility index (Phi) is 5.05. The molecule has 1 aromatic heterocycles. The molecule has 0 saturated heterocycles. The Morgan fingerprint density at radius 1 is 1.17 bits per heavy atom. The predicted molar refractivity (Wildman–Crippen MR) is 77.7 cm³/mol. The van der Waals surface area contributed by atoms with E-state index in [1.807, 2.05) is 5.32 Å². The van der Waals surface area contributed by atoms with Gasteiger partial charge in [0.05, 0.1) is 5.69 Å². The third-order valence-corrected chi connectivity index (χ3v) is 3.25. The lowest BCUT2D eigenvalue weighted by Crippen LogP contribution is -2.36. The van der Waals surface area contributed by atoms with E-state index in [0.717, 1.165) is 23.8 Å². The fourth-order valence-electron chi connectivity index (χ4n) is 2.03. The van der Waals surface area contributed by atoms with Gasteiger partial charge in [0.25, 0.3) is 0 Å². The van der Waals surface area contributed by atoms with Gasteiger partial charge in [0.2, 0.25) is 0 Å². The highest BCUT2D eigenvalue weighted by Gasteiger charge is 2.18. The Balaban J connectivity index is 1.90. The number of amides is 2. The van der Waals surface area contributed by atoms with Crippen molar-refractivity contribution in [2.75, 3.05) is 11.9 Å². The summed E-state index contributed by atoms with van der Waals surface area (Å²) in [5, 5.41) is 8.06. The number of nitrogens with one attached hydrogen (secondary N) is 2. The van der Waals surface area contributed by atoms with Gasteiger partial charge in [-0.05, 0) is 32.4 Å². The van der Waals surface area contributed by atoms with Gasteiger partial charge in [-0.2, -0.15) is 0 Å². The molecule has 1 heterocycles. The van der Waals surface area contributed by atoms with Crippen LogP contribution in [0.15, 0.2) is 22.7 Å². The summed E-state index contributed by atoms with van der Waals surface area (Å²) < 4.78 is 31.8. The molecule has 6 nitrogen and oxygen atoms in total. The van der Waals surface area contributed by atoms with Crippen molar-refractivity contribution in [1.82, 2.24) is 10.5 Å². The zero-order valence-corrected chi connectivity index (χ0v) is 12.6. The molecule has 0 aliphatic carbocycles. The summed E-state index contributed by atoms with van der Waals surface area (Å²) in [6, 6.07) is 3.12. The van der Waals surface area contributed by atoms with Gasteiger partial charge < -0.3 is 15.2 Å². The number of carbonyl (C=O) groups is 2. The fourth-order valence-corrected chi connectivity index (χ4v) is 2.03. The third-order valence-electron chi connectivity index (χ3n) is 3.25. The Morgan fingerprint density at radius 3 is 2.39 bits per heavy atom. The van der Waals surface area contributed by atoms with E-state index in [1.165, 1.54) is 0 Å². The molecular weight excluding hydrogens is 308 g/mol. The first-order chi connectivity index (χ1) is 10.9. The van der Waals surface area contributed by atoms with E-state index in [4.69, 9.17) is 4.52 Å². The average Bonchev–Trinajstić information content (AvgIpc) is 2.82. The average molecular weight is 323 g/mol. The zero-order valence-electron chi connectivity index (χ0n) is 12.6. The van der Waals surface area contributed by atoms with E-state index >= 15 is 0 Å². The lowest BCUT2D eigenvalue weighted by atomic mass is 10.1. The Morgan fingerprint density at radius 2 is 1.83 bits per heavy atom. The van der Waals surface area contributed by atoms with Crippen LogP contribution in [0.2, 0.25) is 0 Å². The molecule has 0 aliphatic heterocycles. The smallest absolute Gasteiger partial charge is 0.313 e. The van der Waals surface area contributed by atoms with Gasteiger partial charge in [-0.3, -0.25) is 9.59 Å². The summed E-state index contributed by atoms with van der Waals surface area (Å²) in [6.07, 6.45) is 0.425. The van der Waals surface area contributed by atoms with Crippen LogP contribution in [-0.4, -0.2) is 23.5 Å². The van der Waals surface area contributed by atoms with E-state index in [9.17, 15) is 18.4 Å². The number of aromatic nitrogens is 1. The van der Waals surface area contributed by atoms with Crippen LogP contribution in [0.4, 0.5) is 14.5 Å². The van der Waals surface area contributed by atoms with Crippen LogP contribution in [0, 0.1) is 25.5 Å². The standard InChI is InChI=1S/C15H15F2N3O3/c1-8-10(9(2)23-20-8)6-7-18-14(21)15(22)19-13-11(16)4-3-5-12(13)17/h3-5H,6-7H2,1-2H3,(H,18,21)(H,19,22). The first kappa shape index (κ1) is 16.6. The van der Waals surface area contributed by atoms with Gasteiger partial charge in [0.1, 0.15) is 23.1 Å². The SMILES string of the molecule is Cc1noc(C)c1CCNC(=O)C(=O)Nc1c(F)cccc1F. The number of hydrogen-bond acceptors (Lipinski definition) is 4. The molecule has 0 aliphatic rings. The number of rotatable bonds is 4. The van der Waals surface area contributed by atoms with Crippen molar-refractivity contribution in [3.05, 3.63) is 46.9 Å². The molecule has 0 saturated carbocycles. The molecule has 2 N–H and O–H groups in total. The van der Waals surface area contributed by atoms with Crippen LogP contribution in [0.3, 0.4) is 0 Å². The van der Waals surface area contributed by atoms with E-state index in [1.54, 1.807) is 13.8 Å². The molecule has 1 aromatic carbocycles. The highest BCUT2D eigenvalue weighted by molar-refractivity contribution is 6.39. The molecule has 0 bridgehead atoms. The zero-order chi connectivity index (χ0) is 17.0. The first-order valence-corrected chi connectivity index (χ1v) is 6.85. The van der Waals surface area contributed by atoms with Crippen LogP contribution >= 0.6 is 0 Å². The summed E-state index contributed by atoms with van der Waals surface area (Å²) >= 11 is 0. The molecule has 0 fully saturated rings. The maximum Gasteiger partial charge on any atom is 0.313 e. The minimum Gasteiger partial charge on any atom is -0.361 e. The largest absolute Gasteiger partial charge is 0.361 e. The van der Waals surface area contributed by atoms with Gasteiger partial charge in [0, 0.05) is 12.1 Å². The summed E-state index contributed by atoms with van der Waals surface area (Å²) in [4.78, 5) is 23.3. The molecule has 23 heavy (non-hydrogen) atoms. The van der Waals surface area contributed by atoms with Crippen LogP contribution in [0.25, 0.3) is 0 Å². The minimum atomic E-state index is -1.15. The van der Waals surface area contributed by atoms with Crippen molar-refractivity contribution in [3.63, 3.8) is 0 Å². The van der Waals surface area contributed by atoms with Crippen LogP contribution in [-0.2, 0) is 16.0 Å². The van der Waals surface area contributed by atoms with E-state index in [2.05, 4.69) is 10.5 Å². The number of para-hydroxylation sites is 1. The normalized spacial score (nSPS) is 10.4. The highest BCUT2D eigenvalue weighted by atomic mass is 19.1. The quantitative estimate of drug-likeness (QED) is 0.841. The molecule has 0 unspecified atom stereocenters. The van der Waals surface area contributed by atoms with Crippen molar-refractivity contribution in [2.45, 2.75) is 20.3 Å². The van der Waals surface area contributed by atoms with Gasteiger partial charge in [-0.1, -0.05) is 11.2 Å². The molecule has 0 atom stereocenters. The molecule has 2 rings (SSSR count). The number of aryl methyl sites for hydroxylation is 2. The molecule has 2 amide bonds. The number of nitrogens with zero attached hydrogens (tertiary/aromatic N) is 1. The minimum absolute atomic E-state index is 0.162. The summed E-state index contributed by atoms with van der Waals surface area (Å²) in [5.41, 5.74) is 0.888. The summed E-state index contributed by atoms with van der Waals surface area (Å²) in [5.74, 6) is -3.41. The van der Waals surface area contributed by atoms with Gasteiger partial charge in [-0.25, -0.2) is 8.78 Å². The first-order valence-electron chi connectivity index (χ1n) is 6.85. The molecule has 122 valence electrons. The highest BCUT2D eigenvalue weighted by Crippen LogP contribution is 2.17. The van der Waals surface area contributed by atoms with Crippen molar-refractivity contribution in [3.8, 4) is 0 Å². The summed E-state index contributed by atoms with van der Waals surface area (Å²) in [7, 11) is 0. The maximum atomic E-state index is 13.4. The molecule has 2 aromatic rings. The molecular formula is C15H15F2N3O3. The lowest BCUT2D eigenvalue weighted by molar-refractivity contribution is -0.136. The monoisotopic (exact) mass is 323 g/mol. The molecule has 0 spiro atoms. The third kappa shape index (κ3) is 3.91. The van der Waals surface area contributed by atoms with Crippen molar-refractivity contribution in [2.24, 2.45) is 0 Å². The second kappa shape index (κ2) is 6.99. The van der Waals surface area contributed by atoms with Gasteiger partial charge in [0.15, 0.2) is 0 Å². The van der Waals surface area contributed by atoms with Crippen LogP contribution in [0.5, 0.6) is 0 Å². The van der Waals surface area contributed by atoms with Crippen LogP contribution in [0.1, 0.15) is 17.0 Å². The van der Waals surface area contributed by atoms with E-state index < -0.39 is 29.1 Å². The van der Waals surface area contributed by atoms with Gasteiger partial charge in [-0.15, -0.1) is 0 Å². The van der Waals surface area contributed by atoms with Gasteiger partial charge >= 0.3 is 11.8 Å². The second-order valence-corrected chi connectivity index (χ2v) is 4.86. The van der Waals surface area contributed by atoms with E-state index in [0.29, 0.717) is 17.9 Å². The lowest BCUT2D eigenvalue weighted by Gasteiger charge is -2.08. The molecule has 0 radical (unpaired) electrons. The summed E-state index contributed by atoms with van der Waals surface area (Å²) in [6.45, 7) is 3.67. The number of carbonyl (C=O) groups excluding carboxylic acids is 2. The predicted octanol–water partition coefficient (Wildman–Crippen LogP) is 1.87. The van der Waals surface area contributed by atoms with Crippen molar-refractivity contribution in [1.29, 1.82) is 0 Å². The number of anilines is 1. The van der Waals surface area contributed by atoms with Crippen LogP contribution < -0.4 is 10.6 Å². The molecule has 8 heteroatoms. The number of halogens is 2. The van der Waals surface area contributed by atoms with E-state index in [-0.39, 0.29) is 6.54 Å². The topological polar surface area (TPSA) is 84.2 Å². The Hall–Kier alpha value is -2.77. The Labute approximate surface area is 130 Å². The maximum absolute atomic E-state index is 13.4. The Bertz CT molecular complexity index is 704. The van der Waals surface area contributed by atoms with Crippen molar-refractivity contribution >= 4 is 17.5 Å². The number of hydrogen-bond donors (Lipinski definition) is 2. The number of benzene rings is 1. The second-order valence-electron chi connectivity index (χ2n) is 4.86. The fraction of sp³-hybridized carbons (Fsp3) is 0.267.